The van der Waals surface area contributed by atoms with Gasteiger partial charge in [-0.15, -0.1) is 0 Å². The van der Waals surface area contributed by atoms with Crippen molar-refractivity contribution < 1.29 is 4.74 Å². The first-order chi connectivity index (χ1) is 8.15. The second-order valence-corrected chi connectivity index (χ2v) is 5.73. The van der Waals surface area contributed by atoms with E-state index in [1.807, 2.05) is 18.3 Å². The topological polar surface area (TPSA) is 25.4 Å². The summed E-state index contributed by atoms with van der Waals surface area (Å²) in [5.41, 5.74) is 0. The van der Waals surface area contributed by atoms with E-state index < -0.39 is 0 Å². The molecule has 0 aliphatic heterocycles. The van der Waals surface area contributed by atoms with Crippen LogP contribution in [0.25, 0.3) is 0 Å². The second kappa shape index (κ2) is 7.54. The van der Waals surface area contributed by atoms with Crippen molar-refractivity contribution in [2.45, 2.75) is 31.5 Å². The Bertz CT molecular complexity index is 331. The highest BCUT2D eigenvalue weighted by molar-refractivity contribution is 9.09. The number of halogens is 1. The normalized spacial score (nSPS) is 12.2. The largest absolute Gasteiger partial charge is 0.490 e. The minimum atomic E-state index is 0.522. The molecule has 1 rings (SSSR count). The molecule has 0 bridgehead atoms. The van der Waals surface area contributed by atoms with Crippen LogP contribution in [0.3, 0.4) is 0 Å². The lowest BCUT2D eigenvalue weighted by atomic mass is 10.3. The van der Waals surface area contributed by atoms with Crippen molar-refractivity contribution in [3.63, 3.8) is 0 Å². The summed E-state index contributed by atoms with van der Waals surface area (Å²) in [6, 6.07) is 3.89. The van der Waals surface area contributed by atoms with Gasteiger partial charge < -0.3 is 9.64 Å². The fourth-order valence-electron chi connectivity index (χ4n) is 1.47. The number of nitrogens with zero attached hydrogens (tertiary/aromatic N) is 2. The quantitative estimate of drug-likeness (QED) is 0.721. The van der Waals surface area contributed by atoms with Crippen LogP contribution in [0.1, 0.15) is 26.7 Å². The summed E-state index contributed by atoms with van der Waals surface area (Å²) in [5.74, 6) is 1.80. The highest BCUT2D eigenvalue weighted by Crippen LogP contribution is 2.24. The van der Waals surface area contributed by atoms with Gasteiger partial charge in [0.1, 0.15) is 0 Å². The highest BCUT2D eigenvalue weighted by Gasteiger charge is 2.10. The summed E-state index contributed by atoms with van der Waals surface area (Å²) in [6.45, 7) is 5.96. The third kappa shape index (κ3) is 4.94. The number of ether oxygens (including phenoxy) is 1. The van der Waals surface area contributed by atoms with Crippen molar-refractivity contribution in [2.24, 2.45) is 0 Å². The Balaban J connectivity index is 2.67. The SMILES string of the molecule is CCCOc1cccnc1N(C)CCC(C)Br. The highest BCUT2D eigenvalue weighted by atomic mass is 79.9. The molecular formula is C13H21BrN2O. The van der Waals surface area contributed by atoms with E-state index in [0.29, 0.717) is 4.83 Å². The van der Waals surface area contributed by atoms with Gasteiger partial charge in [-0.1, -0.05) is 29.8 Å². The fourth-order valence-corrected chi connectivity index (χ4v) is 1.68. The molecule has 0 saturated heterocycles. The smallest absolute Gasteiger partial charge is 0.171 e. The maximum atomic E-state index is 5.70. The summed E-state index contributed by atoms with van der Waals surface area (Å²) >= 11 is 3.56. The van der Waals surface area contributed by atoms with Gasteiger partial charge in [-0.3, -0.25) is 0 Å². The van der Waals surface area contributed by atoms with Crippen molar-refractivity contribution in [3.05, 3.63) is 18.3 Å². The summed E-state index contributed by atoms with van der Waals surface area (Å²) in [4.78, 5) is 7.06. The molecule has 0 radical (unpaired) electrons. The van der Waals surface area contributed by atoms with E-state index in [1.54, 1.807) is 0 Å². The number of pyridine rings is 1. The van der Waals surface area contributed by atoms with Crippen LogP contribution >= 0.6 is 15.9 Å². The van der Waals surface area contributed by atoms with Gasteiger partial charge in [-0.05, 0) is 25.0 Å². The van der Waals surface area contributed by atoms with E-state index in [1.165, 1.54) is 0 Å². The maximum absolute atomic E-state index is 5.70. The molecule has 1 atom stereocenters. The molecule has 1 heterocycles. The Morgan fingerprint density at radius 1 is 1.53 bits per heavy atom. The summed E-state index contributed by atoms with van der Waals surface area (Å²) < 4.78 is 5.70. The van der Waals surface area contributed by atoms with Crippen LogP contribution in [-0.2, 0) is 0 Å². The van der Waals surface area contributed by atoms with E-state index in [0.717, 1.165) is 37.6 Å². The molecule has 3 nitrogen and oxygen atoms in total. The zero-order valence-corrected chi connectivity index (χ0v) is 12.4. The Kier molecular flexibility index (Phi) is 6.34. The summed E-state index contributed by atoms with van der Waals surface area (Å²) in [7, 11) is 2.05. The van der Waals surface area contributed by atoms with E-state index in [2.05, 4.69) is 46.7 Å². The molecule has 1 aromatic rings. The molecule has 0 spiro atoms. The number of rotatable bonds is 7. The van der Waals surface area contributed by atoms with E-state index in [4.69, 9.17) is 4.74 Å². The van der Waals surface area contributed by atoms with Gasteiger partial charge >= 0.3 is 0 Å². The van der Waals surface area contributed by atoms with Gasteiger partial charge in [0.25, 0.3) is 0 Å². The third-order valence-corrected chi connectivity index (χ3v) is 2.89. The van der Waals surface area contributed by atoms with E-state index >= 15 is 0 Å². The minimum Gasteiger partial charge on any atom is -0.490 e. The lowest BCUT2D eigenvalue weighted by Crippen LogP contribution is -2.22. The van der Waals surface area contributed by atoms with Crippen LogP contribution in [0.5, 0.6) is 5.75 Å². The zero-order chi connectivity index (χ0) is 12.7. The first-order valence-electron chi connectivity index (χ1n) is 6.08. The maximum Gasteiger partial charge on any atom is 0.171 e. The Morgan fingerprint density at radius 3 is 2.94 bits per heavy atom. The van der Waals surface area contributed by atoms with E-state index in [9.17, 15) is 0 Å². The van der Waals surface area contributed by atoms with E-state index in [-0.39, 0.29) is 0 Å². The Labute approximate surface area is 112 Å². The molecule has 17 heavy (non-hydrogen) atoms. The molecule has 0 aliphatic rings. The van der Waals surface area contributed by atoms with Crippen molar-refractivity contribution in [3.8, 4) is 5.75 Å². The Hall–Kier alpha value is -0.770. The van der Waals surface area contributed by atoms with Crippen LogP contribution in [0.15, 0.2) is 18.3 Å². The lowest BCUT2D eigenvalue weighted by molar-refractivity contribution is 0.316. The van der Waals surface area contributed by atoms with Crippen LogP contribution in [0.4, 0.5) is 5.82 Å². The lowest BCUT2D eigenvalue weighted by Gasteiger charge is -2.21. The first-order valence-corrected chi connectivity index (χ1v) is 6.99. The molecule has 96 valence electrons. The first kappa shape index (κ1) is 14.3. The van der Waals surface area contributed by atoms with Crippen molar-refractivity contribution in [2.75, 3.05) is 25.1 Å². The fraction of sp³-hybridized carbons (Fsp3) is 0.615. The predicted molar refractivity (Wildman–Crippen MR) is 76.3 cm³/mol. The number of anilines is 1. The Morgan fingerprint density at radius 2 is 2.29 bits per heavy atom. The molecule has 1 unspecified atom stereocenters. The molecule has 4 heteroatoms. The summed E-state index contributed by atoms with van der Waals surface area (Å²) in [6.07, 6.45) is 3.90. The number of hydrogen-bond acceptors (Lipinski definition) is 3. The predicted octanol–water partition coefficient (Wildman–Crippen LogP) is 3.48. The van der Waals surface area contributed by atoms with Crippen LogP contribution in [0, 0.1) is 0 Å². The molecule has 1 aromatic heterocycles. The second-order valence-electron chi connectivity index (χ2n) is 4.16. The van der Waals surface area contributed by atoms with Crippen molar-refractivity contribution >= 4 is 21.7 Å². The van der Waals surface area contributed by atoms with Gasteiger partial charge in [0.05, 0.1) is 6.61 Å². The molecule has 0 fully saturated rings. The monoisotopic (exact) mass is 300 g/mol. The molecule has 0 N–H and O–H groups in total. The van der Waals surface area contributed by atoms with Crippen molar-refractivity contribution in [1.29, 1.82) is 0 Å². The molecule has 0 aliphatic carbocycles. The van der Waals surface area contributed by atoms with Crippen LogP contribution < -0.4 is 9.64 Å². The molecule has 0 saturated carbocycles. The standard InChI is InChI=1S/C13H21BrN2O/c1-4-10-17-12-6-5-8-15-13(12)16(3)9-7-11(2)14/h5-6,8,11H,4,7,9-10H2,1-3H3. The number of hydrogen-bond donors (Lipinski definition) is 0. The van der Waals surface area contributed by atoms with Gasteiger partial charge in [0.2, 0.25) is 0 Å². The average molecular weight is 301 g/mol. The number of alkyl halides is 1. The average Bonchev–Trinajstić information content (AvgIpc) is 2.33. The molecular weight excluding hydrogens is 280 g/mol. The third-order valence-electron chi connectivity index (χ3n) is 2.44. The molecule has 0 amide bonds. The van der Waals surface area contributed by atoms with Gasteiger partial charge in [0, 0.05) is 24.6 Å². The van der Waals surface area contributed by atoms with Gasteiger partial charge in [0.15, 0.2) is 11.6 Å². The molecule has 0 aromatic carbocycles. The zero-order valence-electron chi connectivity index (χ0n) is 10.8. The summed E-state index contributed by atoms with van der Waals surface area (Å²) in [5, 5.41) is 0. The minimum absolute atomic E-state index is 0.522. The van der Waals surface area contributed by atoms with Crippen molar-refractivity contribution in [1.82, 2.24) is 4.98 Å². The van der Waals surface area contributed by atoms with Gasteiger partial charge in [-0.2, -0.15) is 0 Å². The van der Waals surface area contributed by atoms with Crippen LogP contribution in [0.2, 0.25) is 0 Å². The van der Waals surface area contributed by atoms with Gasteiger partial charge in [-0.25, -0.2) is 4.98 Å². The number of aromatic nitrogens is 1. The van der Waals surface area contributed by atoms with Crippen LogP contribution in [-0.4, -0.2) is 30.0 Å².